The molecule has 2 heterocycles. The summed E-state index contributed by atoms with van der Waals surface area (Å²) in [6.07, 6.45) is 5.96. The topological polar surface area (TPSA) is 45.1 Å². The smallest absolute Gasteiger partial charge is 0.258 e. The first-order chi connectivity index (χ1) is 19.2. The third-order valence-electron chi connectivity index (χ3n) is 7.26. The molecule has 39 heavy (non-hydrogen) atoms. The molecule has 0 spiro atoms. The number of benzene rings is 4. The summed E-state index contributed by atoms with van der Waals surface area (Å²) >= 11 is 0. The maximum atomic E-state index is 14.0. The lowest BCUT2D eigenvalue weighted by atomic mass is 10.0. The molecule has 0 atom stereocenters. The Morgan fingerprint density at radius 1 is 0.821 bits per heavy atom. The highest BCUT2D eigenvalue weighted by molar-refractivity contribution is 5.97. The largest absolute Gasteiger partial charge is 0.457 e. The van der Waals surface area contributed by atoms with E-state index in [0.717, 1.165) is 37.1 Å². The molecule has 0 aliphatic carbocycles. The first-order valence-corrected chi connectivity index (χ1v) is 13.5. The van der Waals surface area contributed by atoms with Gasteiger partial charge < -0.3 is 14.5 Å². The number of hydrogen-bond acceptors (Lipinski definition) is 4. The fourth-order valence-corrected chi connectivity index (χ4v) is 5.25. The number of ether oxygens (including phenoxy) is 1. The molecule has 4 aromatic rings. The standard InChI is InChI=1S/C34H31N3O2/c38-34(31-15-7-8-16-33(31)39-30-13-5-2-6-14-30)37-21-20-36(24-26-10-9-19-35-23-26)32-18-17-28(22-29(32)25-37)27-11-3-1-4-12-27/h1-8,11-19,22-23H,9-10,20-21,24-25H2. The van der Waals surface area contributed by atoms with Crippen molar-refractivity contribution in [3.05, 3.63) is 126 Å². The van der Waals surface area contributed by atoms with E-state index in [9.17, 15) is 4.79 Å². The molecule has 0 saturated carbocycles. The fraction of sp³-hybridized carbons (Fsp3) is 0.176. The maximum absolute atomic E-state index is 14.0. The van der Waals surface area contributed by atoms with Crippen LogP contribution in [-0.4, -0.2) is 36.7 Å². The van der Waals surface area contributed by atoms with Gasteiger partial charge in [0.2, 0.25) is 0 Å². The van der Waals surface area contributed by atoms with Gasteiger partial charge in [0.25, 0.3) is 5.91 Å². The number of hydrogen-bond donors (Lipinski definition) is 0. The zero-order valence-corrected chi connectivity index (χ0v) is 21.9. The highest BCUT2D eigenvalue weighted by Crippen LogP contribution is 2.33. The van der Waals surface area contributed by atoms with Crippen LogP contribution in [-0.2, 0) is 6.54 Å². The molecule has 0 bridgehead atoms. The second-order valence-corrected chi connectivity index (χ2v) is 9.93. The number of carbonyl (C=O) groups is 1. The van der Waals surface area contributed by atoms with Crippen LogP contribution in [0.3, 0.4) is 0 Å². The number of carbonyl (C=O) groups excluding carboxylic acids is 1. The normalized spacial score (nSPS) is 14.8. The molecule has 0 aromatic heterocycles. The molecule has 5 heteroatoms. The van der Waals surface area contributed by atoms with E-state index < -0.39 is 0 Å². The highest BCUT2D eigenvalue weighted by atomic mass is 16.5. The Kier molecular flexibility index (Phi) is 7.21. The Bertz CT molecular complexity index is 1510. The van der Waals surface area contributed by atoms with Gasteiger partial charge in [0.15, 0.2) is 0 Å². The van der Waals surface area contributed by atoms with Crippen LogP contribution in [0.2, 0.25) is 0 Å². The van der Waals surface area contributed by atoms with Crippen LogP contribution in [0.25, 0.3) is 11.1 Å². The third-order valence-corrected chi connectivity index (χ3v) is 7.26. The summed E-state index contributed by atoms with van der Waals surface area (Å²) in [5.74, 6) is 1.25. The van der Waals surface area contributed by atoms with Gasteiger partial charge in [-0.2, -0.15) is 0 Å². The zero-order chi connectivity index (χ0) is 26.4. The van der Waals surface area contributed by atoms with Gasteiger partial charge >= 0.3 is 0 Å². The second kappa shape index (κ2) is 11.4. The third kappa shape index (κ3) is 5.63. The molecule has 2 aliphatic rings. The van der Waals surface area contributed by atoms with Crippen molar-refractivity contribution in [1.82, 2.24) is 4.90 Å². The van der Waals surface area contributed by atoms with E-state index in [4.69, 9.17) is 4.74 Å². The fourth-order valence-electron chi connectivity index (χ4n) is 5.25. The molecule has 5 nitrogen and oxygen atoms in total. The van der Waals surface area contributed by atoms with Crippen molar-refractivity contribution < 1.29 is 9.53 Å². The predicted molar refractivity (Wildman–Crippen MR) is 158 cm³/mol. The number of amides is 1. The maximum Gasteiger partial charge on any atom is 0.258 e. The van der Waals surface area contributed by atoms with Crippen molar-refractivity contribution in [2.75, 3.05) is 24.5 Å². The van der Waals surface area contributed by atoms with Crippen molar-refractivity contribution in [3.63, 3.8) is 0 Å². The van der Waals surface area contributed by atoms with Crippen LogP contribution < -0.4 is 9.64 Å². The van der Waals surface area contributed by atoms with E-state index in [1.807, 2.05) is 78.0 Å². The summed E-state index contributed by atoms with van der Waals surface area (Å²) in [7, 11) is 0. The number of aliphatic imine (C=N–C) groups is 1. The molecule has 0 radical (unpaired) electrons. The van der Waals surface area contributed by atoms with Crippen LogP contribution >= 0.6 is 0 Å². The molecular weight excluding hydrogens is 482 g/mol. The van der Waals surface area contributed by atoms with Crippen LogP contribution in [0.4, 0.5) is 5.69 Å². The second-order valence-electron chi connectivity index (χ2n) is 9.93. The molecule has 2 aliphatic heterocycles. The van der Waals surface area contributed by atoms with Gasteiger partial charge in [-0.3, -0.25) is 9.79 Å². The summed E-state index contributed by atoms with van der Waals surface area (Å²) in [6.45, 7) is 2.70. The van der Waals surface area contributed by atoms with Crippen molar-refractivity contribution >= 4 is 17.8 Å². The van der Waals surface area contributed by atoms with Gasteiger partial charge in [-0.05, 0) is 71.5 Å². The van der Waals surface area contributed by atoms with E-state index in [1.165, 1.54) is 16.8 Å². The van der Waals surface area contributed by atoms with Crippen molar-refractivity contribution in [1.29, 1.82) is 0 Å². The zero-order valence-electron chi connectivity index (χ0n) is 21.9. The molecule has 6 rings (SSSR count). The molecule has 0 saturated heterocycles. The SMILES string of the molecule is O=C(c1ccccc1Oc1ccccc1)N1CCN(CC2=CN=CCC2)c2ccc(-c3ccccc3)cc2C1. The first kappa shape index (κ1) is 24.7. The van der Waals surface area contributed by atoms with E-state index in [1.54, 1.807) is 0 Å². The quantitative estimate of drug-likeness (QED) is 0.271. The number of para-hydroxylation sites is 2. The average Bonchev–Trinajstić information content (AvgIpc) is 3.18. The molecule has 194 valence electrons. The van der Waals surface area contributed by atoms with Gasteiger partial charge in [-0.25, -0.2) is 0 Å². The summed E-state index contributed by atoms with van der Waals surface area (Å²) in [5, 5.41) is 0. The molecular formula is C34H31N3O2. The minimum absolute atomic E-state index is 0.0269. The Balaban J connectivity index is 1.33. The summed E-state index contributed by atoms with van der Waals surface area (Å²) in [6, 6.07) is 34.2. The monoisotopic (exact) mass is 513 g/mol. The molecule has 0 N–H and O–H groups in total. The lowest BCUT2D eigenvalue weighted by molar-refractivity contribution is 0.0749. The lowest BCUT2D eigenvalue weighted by Gasteiger charge is -2.27. The first-order valence-electron chi connectivity index (χ1n) is 13.5. The minimum Gasteiger partial charge on any atom is -0.457 e. The summed E-state index contributed by atoms with van der Waals surface area (Å²) < 4.78 is 6.14. The summed E-state index contributed by atoms with van der Waals surface area (Å²) in [4.78, 5) is 22.8. The number of nitrogens with zero attached hydrogens (tertiary/aromatic N) is 3. The molecule has 0 unspecified atom stereocenters. The Morgan fingerprint density at radius 3 is 2.38 bits per heavy atom. The Labute approximate surface area is 229 Å². The average molecular weight is 514 g/mol. The highest BCUT2D eigenvalue weighted by Gasteiger charge is 2.26. The van der Waals surface area contributed by atoms with Crippen LogP contribution in [0, 0.1) is 0 Å². The van der Waals surface area contributed by atoms with Gasteiger partial charge in [0.1, 0.15) is 11.5 Å². The number of anilines is 1. The van der Waals surface area contributed by atoms with Crippen LogP contribution in [0.15, 0.2) is 120 Å². The van der Waals surface area contributed by atoms with Gasteiger partial charge in [0, 0.05) is 44.3 Å². The van der Waals surface area contributed by atoms with Gasteiger partial charge in [0.05, 0.1) is 5.56 Å². The summed E-state index contributed by atoms with van der Waals surface area (Å²) in [5.41, 5.74) is 6.52. The van der Waals surface area contributed by atoms with Gasteiger partial charge in [-0.15, -0.1) is 0 Å². The minimum atomic E-state index is -0.0269. The van der Waals surface area contributed by atoms with Crippen molar-refractivity contribution in [3.8, 4) is 22.6 Å². The number of fused-ring (bicyclic) bond motifs is 1. The molecule has 4 aromatic carbocycles. The molecule has 1 amide bonds. The van der Waals surface area contributed by atoms with E-state index in [-0.39, 0.29) is 5.91 Å². The predicted octanol–water partition coefficient (Wildman–Crippen LogP) is 7.36. The van der Waals surface area contributed by atoms with E-state index >= 15 is 0 Å². The van der Waals surface area contributed by atoms with Crippen molar-refractivity contribution in [2.45, 2.75) is 19.4 Å². The van der Waals surface area contributed by atoms with E-state index in [0.29, 0.717) is 30.2 Å². The lowest BCUT2D eigenvalue weighted by Crippen LogP contribution is -2.36. The van der Waals surface area contributed by atoms with Crippen LogP contribution in [0.1, 0.15) is 28.8 Å². The van der Waals surface area contributed by atoms with E-state index in [2.05, 4.69) is 52.4 Å². The Morgan fingerprint density at radius 2 is 1.59 bits per heavy atom. The molecule has 0 fully saturated rings. The van der Waals surface area contributed by atoms with Crippen molar-refractivity contribution in [2.24, 2.45) is 4.99 Å². The van der Waals surface area contributed by atoms with Gasteiger partial charge in [-0.1, -0.05) is 66.7 Å². The Hall–Kier alpha value is -4.64. The van der Waals surface area contributed by atoms with Crippen LogP contribution in [0.5, 0.6) is 11.5 Å². The number of rotatable bonds is 6.